The second-order valence-electron chi connectivity index (χ2n) is 7.03. The van der Waals surface area contributed by atoms with E-state index < -0.39 is 6.10 Å². The molecule has 0 radical (unpaired) electrons. The minimum Gasteiger partial charge on any atom is -0.481 e. The van der Waals surface area contributed by atoms with Crippen LogP contribution in [-0.4, -0.2) is 26.1 Å². The van der Waals surface area contributed by atoms with Gasteiger partial charge < -0.3 is 15.0 Å². The summed E-state index contributed by atoms with van der Waals surface area (Å²) in [7, 11) is 3.98. The van der Waals surface area contributed by atoms with Crippen molar-refractivity contribution in [2.45, 2.75) is 20.0 Å². The normalized spacial score (nSPS) is 11.6. The molecule has 0 aromatic heterocycles. The van der Waals surface area contributed by atoms with Crippen LogP contribution >= 0.6 is 0 Å². The maximum atomic E-state index is 12.5. The Kier molecular flexibility index (Phi) is 5.99. The zero-order valence-electron chi connectivity index (χ0n) is 16.8. The van der Waals surface area contributed by atoms with Crippen molar-refractivity contribution in [1.29, 1.82) is 0 Å². The van der Waals surface area contributed by atoms with E-state index >= 15 is 0 Å². The van der Waals surface area contributed by atoms with Gasteiger partial charge in [-0.3, -0.25) is 4.79 Å². The van der Waals surface area contributed by atoms with E-state index in [0.29, 0.717) is 5.75 Å². The van der Waals surface area contributed by atoms with E-state index in [9.17, 15) is 4.79 Å². The number of carbonyl (C=O) groups excluding carboxylic acids is 1. The van der Waals surface area contributed by atoms with Crippen molar-refractivity contribution in [2.24, 2.45) is 0 Å². The van der Waals surface area contributed by atoms with Crippen LogP contribution in [0.4, 0.5) is 11.4 Å². The highest BCUT2D eigenvalue weighted by Crippen LogP contribution is 2.24. The van der Waals surface area contributed by atoms with Crippen LogP contribution in [0.15, 0.2) is 72.8 Å². The number of anilines is 2. The van der Waals surface area contributed by atoms with Crippen molar-refractivity contribution in [3.63, 3.8) is 0 Å². The van der Waals surface area contributed by atoms with E-state index in [1.807, 2.05) is 86.6 Å². The maximum absolute atomic E-state index is 12.5. The first-order chi connectivity index (χ1) is 13.4. The number of nitrogens with zero attached hydrogens (tertiary/aromatic N) is 1. The lowest BCUT2D eigenvalue weighted by atomic mass is 10.1. The van der Waals surface area contributed by atoms with Crippen LogP contribution in [0.5, 0.6) is 5.75 Å². The third-order valence-electron chi connectivity index (χ3n) is 4.63. The molecule has 0 aliphatic rings. The summed E-state index contributed by atoms with van der Waals surface area (Å²) in [5.41, 5.74) is 5.17. The number of nitrogens with one attached hydrogen (secondary N) is 1. The SMILES string of the molecule is Cc1cc(N(C)C)ccc1NC(=O)C(C)Oc1ccc(-c2ccccc2)cc1. The molecule has 0 spiro atoms. The summed E-state index contributed by atoms with van der Waals surface area (Å²) < 4.78 is 5.82. The number of hydrogen-bond donors (Lipinski definition) is 1. The first-order valence-corrected chi connectivity index (χ1v) is 9.35. The van der Waals surface area contributed by atoms with Gasteiger partial charge in [0.1, 0.15) is 5.75 Å². The molecule has 0 aliphatic heterocycles. The second kappa shape index (κ2) is 8.61. The average Bonchev–Trinajstić information content (AvgIpc) is 2.70. The Labute approximate surface area is 166 Å². The van der Waals surface area contributed by atoms with Crippen LogP contribution in [0.1, 0.15) is 12.5 Å². The van der Waals surface area contributed by atoms with E-state index in [-0.39, 0.29) is 5.91 Å². The van der Waals surface area contributed by atoms with Gasteiger partial charge in [0.2, 0.25) is 0 Å². The van der Waals surface area contributed by atoms with Crippen LogP contribution in [0.2, 0.25) is 0 Å². The van der Waals surface area contributed by atoms with Crippen molar-refractivity contribution in [1.82, 2.24) is 0 Å². The van der Waals surface area contributed by atoms with E-state index in [1.165, 1.54) is 0 Å². The summed E-state index contributed by atoms with van der Waals surface area (Å²) >= 11 is 0. The van der Waals surface area contributed by atoms with Crippen molar-refractivity contribution in [3.8, 4) is 16.9 Å². The molecule has 0 bridgehead atoms. The second-order valence-corrected chi connectivity index (χ2v) is 7.03. The first kappa shape index (κ1) is 19.5. The predicted octanol–water partition coefficient (Wildman–Crippen LogP) is 5.13. The van der Waals surface area contributed by atoms with Crippen LogP contribution < -0.4 is 15.0 Å². The maximum Gasteiger partial charge on any atom is 0.265 e. The summed E-state index contributed by atoms with van der Waals surface area (Å²) in [5, 5.41) is 2.95. The Bertz CT molecular complexity index is 935. The Morgan fingerprint density at radius 3 is 2.18 bits per heavy atom. The summed E-state index contributed by atoms with van der Waals surface area (Å²) in [4.78, 5) is 14.6. The molecule has 0 aliphatic carbocycles. The number of benzene rings is 3. The van der Waals surface area contributed by atoms with Gasteiger partial charge in [-0.15, -0.1) is 0 Å². The number of aryl methyl sites for hydroxylation is 1. The number of ether oxygens (including phenoxy) is 1. The third-order valence-corrected chi connectivity index (χ3v) is 4.63. The van der Waals surface area contributed by atoms with E-state index in [4.69, 9.17) is 4.74 Å². The minimum absolute atomic E-state index is 0.173. The highest BCUT2D eigenvalue weighted by molar-refractivity contribution is 5.95. The molecule has 4 heteroatoms. The molecule has 1 amide bonds. The average molecular weight is 374 g/mol. The molecule has 0 fully saturated rings. The van der Waals surface area contributed by atoms with Gasteiger partial charge in [-0.2, -0.15) is 0 Å². The lowest BCUT2D eigenvalue weighted by molar-refractivity contribution is -0.122. The molecular formula is C24H26N2O2. The van der Waals surface area contributed by atoms with Crippen molar-refractivity contribution in [3.05, 3.63) is 78.4 Å². The summed E-state index contributed by atoms with van der Waals surface area (Å²) in [6.07, 6.45) is -0.601. The van der Waals surface area contributed by atoms with Crippen molar-refractivity contribution >= 4 is 17.3 Å². The van der Waals surface area contributed by atoms with Crippen LogP contribution in [-0.2, 0) is 4.79 Å². The Hall–Kier alpha value is -3.27. The van der Waals surface area contributed by atoms with E-state index in [1.54, 1.807) is 6.92 Å². The topological polar surface area (TPSA) is 41.6 Å². The lowest BCUT2D eigenvalue weighted by Gasteiger charge is -2.18. The fourth-order valence-electron chi connectivity index (χ4n) is 2.91. The number of hydrogen-bond acceptors (Lipinski definition) is 3. The monoisotopic (exact) mass is 374 g/mol. The fourth-order valence-corrected chi connectivity index (χ4v) is 2.91. The summed E-state index contributed by atoms with van der Waals surface area (Å²) in [5.74, 6) is 0.495. The number of amides is 1. The largest absolute Gasteiger partial charge is 0.481 e. The van der Waals surface area contributed by atoms with Gasteiger partial charge in [-0.25, -0.2) is 0 Å². The molecule has 3 aromatic carbocycles. The van der Waals surface area contributed by atoms with Crippen molar-refractivity contribution in [2.75, 3.05) is 24.3 Å². The van der Waals surface area contributed by atoms with Gasteiger partial charge in [0.25, 0.3) is 5.91 Å². The van der Waals surface area contributed by atoms with E-state index in [0.717, 1.165) is 28.1 Å². The molecule has 4 nitrogen and oxygen atoms in total. The quantitative estimate of drug-likeness (QED) is 0.650. The zero-order chi connectivity index (χ0) is 20.1. The Morgan fingerprint density at radius 2 is 1.57 bits per heavy atom. The summed E-state index contributed by atoms with van der Waals surface area (Å²) in [6, 6.07) is 23.9. The van der Waals surface area contributed by atoms with Crippen LogP contribution in [0, 0.1) is 6.92 Å². The van der Waals surface area contributed by atoms with Gasteiger partial charge >= 0.3 is 0 Å². The summed E-state index contributed by atoms with van der Waals surface area (Å²) in [6.45, 7) is 3.74. The third kappa shape index (κ3) is 4.71. The molecule has 0 saturated carbocycles. The molecule has 1 unspecified atom stereocenters. The molecule has 28 heavy (non-hydrogen) atoms. The van der Waals surface area contributed by atoms with Crippen molar-refractivity contribution < 1.29 is 9.53 Å². The lowest BCUT2D eigenvalue weighted by Crippen LogP contribution is -2.30. The van der Waals surface area contributed by atoms with Crippen LogP contribution in [0.25, 0.3) is 11.1 Å². The van der Waals surface area contributed by atoms with Gasteiger partial charge in [-0.1, -0.05) is 42.5 Å². The Balaban J connectivity index is 1.63. The van der Waals surface area contributed by atoms with Gasteiger partial charge in [-0.05, 0) is 60.9 Å². The highest BCUT2D eigenvalue weighted by atomic mass is 16.5. The molecule has 3 aromatic rings. The first-order valence-electron chi connectivity index (χ1n) is 9.35. The molecule has 0 heterocycles. The highest BCUT2D eigenvalue weighted by Gasteiger charge is 2.16. The molecule has 3 rings (SSSR count). The van der Waals surface area contributed by atoms with E-state index in [2.05, 4.69) is 17.4 Å². The zero-order valence-corrected chi connectivity index (χ0v) is 16.8. The predicted molar refractivity (Wildman–Crippen MR) is 116 cm³/mol. The fraction of sp³-hybridized carbons (Fsp3) is 0.208. The standard InChI is InChI=1S/C24H26N2O2/c1-17-16-21(26(3)4)12-15-23(17)25-24(27)18(2)28-22-13-10-20(11-14-22)19-8-6-5-7-9-19/h5-16,18H,1-4H3,(H,25,27). The minimum atomic E-state index is -0.601. The van der Waals surface area contributed by atoms with Gasteiger partial charge in [0, 0.05) is 25.5 Å². The number of carbonyl (C=O) groups is 1. The molecular weight excluding hydrogens is 348 g/mol. The molecule has 144 valence electrons. The molecule has 1 N–H and O–H groups in total. The smallest absolute Gasteiger partial charge is 0.265 e. The van der Waals surface area contributed by atoms with Gasteiger partial charge in [0.05, 0.1) is 0 Å². The molecule has 1 atom stereocenters. The Morgan fingerprint density at radius 1 is 0.929 bits per heavy atom. The molecule has 0 saturated heterocycles. The van der Waals surface area contributed by atoms with Crippen LogP contribution in [0.3, 0.4) is 0 Å². The number of rotatable bonds is 6. The van der Waals surface area contributed by atoms with Gasteiger partial charge in [0.15, 0.2) is 6.10 Å².